The van der Waals surface area contributed by atoms with Crippen LogP contribution in [0.1, 0.15) is 27.7 Å². The average molecular weight is 270 g/mol. The van der Waals surface area contributed by atoms with E-state index in [0.29, 0.717) is 5.95 Å². The number of aliphatic hydroxyl groups is 1. The van der Waals surface area contributed by atoms with Crippen LogP contribution in [0.4, 0.5) is 11.9 Å². The predicted molar refractivity (Wildman–Crippen MR) is 72.7 cm³/mol. The van der Waals surface area contributed by atoms with Crippen molar-refractivity contribution in [1.82, 2.24) is 15.0 Å². The Morgan fingerprint density at radius 1 is 1.16 bits per heavy atom. The van der Waals surface area contributed by atoms with Gasteiger partial charge in [0.1, 0.15) is 0 Å². The number of nitrogens with zero attached hydrogens (tertiary/aromatic N) is 3. The molecule has 0 aliphatic heterocycles. The lowest BCUT2D eigenvalue weighted by Gasteiger charge is -2.19. The molecule has 0 aliphatic rings. The first-order chi connectivity index (χ1) is 8.96. The predicted octanol–water partition coefficient (Wildman–Crippen LogP) is 0.373. The molecule has 5 N–H and O–H groups in total. The lowest BCUT2D eigenvalue weighted by molar-refractivity contribution is 0.221. The van der Waals surface area contributed by atoms with Gasteiger partial charge in [-0.05, 0) is 26.7 Å². The minimum absolute atomic E-state index is 0.00456. The largest absolute Gasteiger partial charge is 0.461 e. The van der Waals surface area contributed by atoms with Gasteiger partial charge < -0.3 is 15.2 Å². The smallest absolute Gasteiger partial charge is 0.323 e. The molecule has 1 aromatic rings. The summed E-state index contributed by atoms with van der Waals surface area (Å²) in [6.45, 7) is 7.69. The minimum Gasteiger partial charge on any atom is -0.461 e. The van der Waals surface area contributed by atoms with Crippen LogP contribution >= 0.6 is 0 Å². The molecule has 0 bridgehead atoms. The maximum absolute atomic E-state index is 9.11. The quantitative estimate of drug-likeness (QED) is 0.414. The Morgan fingerprint density at radius 3 is 2.32 bits per heavy atom. The second kappa shape index (κ2) is 7.05. The van der Waals surface area contributed by atoms with Crippen molar-refractivity contribution >= 4 is 11.9 Å². The Kier molecular flexibility index (Phi) is 5.71. The summed E-state index contributed by atoms with van der Waals surface area (Å²) in [4.78, 5) is 12.2. The Hall–Kier alpha value is -1.67. The molecule has 0 radical (unpaired) electrons. The van der Waals surface area contributed by atoms with Crippen molar-refractivity contribution < 1.29 is 9.84 Å². The van der Waals surface area contributed by atoms with Gasteiger partial charge in [0.25, 0.3) is 0 Å². The van der Waals surface area contributed by atoms with Gasteiger partial charge in [-0.3, -0.25) is 5.43 Å². The maximum atomic E-state index is 9.11. The number of nitrogens with one attached hydrogen (secondary N) is 2. The number of hydrogen-bond acceptors (Lipinski definition) is 8. The van der Waals surface area contributed by atoms with Crippen LogP contribution in [-0.2, 0) is 0 Å². The fourth-order valence-electron chi connectivity index (χ4n) is 1.25. The van der Waals surface area contributed by atoms with Gasteiger partial charge in [-0.1, -0.05) is 6.92 Å². The van der Waals surface area contributed by atoms with E-state index >= 15 is 0 Å². The third-order valence-corrected chi connectivity index (χ3v) is 2.58. The first kappa shape index (κ1) is 15.4. The molecule has 1 rings (SSSR count). The zero-order chi connectivity index (χ0) is 14.4. The summed E-state index contributed by atoms with van der Waals surface area (Å²) >= 11 is 0. The Balaban J connectivity index is 2.87. The first-order valence-corrected chi connectivity index (χ1v) is 6.23. The van der Waals surface area contributed by atoms with E-state index in [-0.39, 0.29) is 36.6 Å². The summed E-state index contributed by atoms with van der Waals surface area (Å²) in [7, 11) is 0. The summed E-state index contributed by atoms with van der Waals surface area (Å²) in [5.74, 6) is 5.95. The summed E-state index contributed by atoms with van der Waals surface area (Å²) < 4.78 is 5.42. The van der Waals surface area contributed by atoms with Crippen LogP contribution in [0, 0.1) is 5.92 Å². The molecule has 0 spiro atoms. The maximum Gasteiger partial charge on any atom is 0.323 e. The van der Waals surface area contributed by atoms with Crippen LogP contribution in [0.5, 0.6) is 6.01 Å². The number of ether oxygens (including phenoxy) is 1. The van der Waals surface area contributed by atoms with Crippen molar-refractivity contribution in [2.45, 2.75) is 39.8 Å². The average Bonchev–Trinajstić information content (AvgIpc) is 2.36. The third-order valence-electron chi connectivity index (χ3n) is 2.58. The van der Waals surface area contributed by atoms with Gasteiger partial charge in [-0.2, -0.15) is 15.0 Å². The number of hydrazine groups is 1. The van der Waals surface area contributed by atoms with Gasteiger partial charge >= 0.3 is 6.01 Å². The highest BCUT2D eigenvalue weighted by molar-refractivity contribution is 5.35. The van der Waals surface area contributed by atoms with E-state index in [1.165, 1.54) is 0 Å². The van der Waals surface area contributed by atoms with E-state index < -0.39 is 0 Å². The van der Waals surface area contributed by atoms with Crippen LogP contribution in [0.25, 0.3) is 0 Å². The molecule has 8 heteroatoms. The monoisotopic (exact) mass is 270 g/mol. The number of rotatable bonds is 7. The molecule has 1 heterocycles. The summed E-state index contributed by atoms with van der Waals surface area (Å²) in [5.41, 5.74) is 2.37. The number of nitrogens with two attached hydrogens (primary N) is 1. The van der Waals surface area contributed by atoms with Crippen LogP contribution in [-0.4, -0.2) is 38.8 Å². The number of hydrogen-bond donors (Lipinski definition) is 4. The normalized spacial score (nSPS) is 14.1. The van der Waals surface area contributed by atoms with E-state index in [1.807, 2.05) is 27.7 Å². The van der Waals surface area contributed by atoms with E-state index in [4.69, 9.17) is 15.7 Å². The third kappa shape index (κ3) is 4.84. The number of nitrogen functional groups attached to an aromatic ring is 1. The van der Waals surface area contributed by atoms with E-state index in [0.717, 1.165) is 0 Å². The molecular weight excluding hydrogens is 248 g/mol. The molecule has 1 aromatic heterocycles. The SMILES string of the molecule is CC(C)Oc1nc(NN)nc(NC(C)C(C)CO)n1. The van der Waals surface area contributed by atoms with Crippen LogP contribution < -0.4 is 21.3 Å². The summed E-state index contributed by atoms with van der Waals surface area (Å²) in [5, 5.41) is 12.2. The van der Waals surface area contributed by atoms with E-state index in [9.17, 15) is 0 Å². The standard InChI is InChI=1S/C11H22N6O2/c1-6(2)19-11-15-9(14-10(16-11)17-12)13-8(4)7(3)5-18/h6-8,18H,5,12H2,1-4H3,(H2,13,14,15,16,17). The fourth-order valence-corrected chi connectivity index (χ4v) is 1.25. The minimum atomic E-state index is -0.0466. The molecule has 0 aliphatic carbocycles. The van der Waals surface area contributed by atoms with Crippen molar-refractivity contribution in [3.8, 4) is 6.01 Å². The summed E-state index contributed by atoms with van der Waals surface area (Å²) in [6.07, 6.45) is -0.0466. The molecule has 0 aromatic carbocycles. The Labute approximate surface area is 112 Å². The molecule has 0 saturated carbocycles. The lowest BCUT2D eigenvalue weighted by Crippen LogP contribution is -2.28. The topological polar surface area (TPSA) is 118 Å². The van der Waals surface area contributed by atoms with Gasteiger partial charge in [0.15, 0.2) is 0 Å². The highest BCUT2D eigenvalue weighted by Crippen LogP contribution is 2.14. The number of anilines is 2. The van der Waals surface area contributed by atoms with Crippen LogP contribution in [0.15, 0.2) is 0 Å². The van der Waals surface area contributed by atoms with Crippen LogP contribution in [0.2, 0.25) is 0 Å². The number of aliphatic hydroxyl groups excluding tert-OH is 1. The Bertz CT molecular complexity index is 401. The van der Waals surface area contributed by atoms with Gasteiger partial charge in [0, 0.05) is 12.6 Å². The molecule has 19 heavy (non-hydrogen) atoms. The van der Waals surface area contributed by atoms with Gasteiger partial charge in [0.2, 0.25) is 11.9 Å². The second-order valence-corrected chi connectivity index (χ2v) is 4.67. The molecule has 108 valence electrons. The highest BCUT2D eigenvalue weighted by atomic mass is 16.5. The Morgan fingerprint density at radius 2 is 1.79 bits per heavy atom. The fraction of sp³-hybridized carbons (Fsp3) is 0.727. The highest BCUT2D eigenvalue weighted by Gasteiger charge is 2.14. The molecule has 2 atom stereocenters. The molecule has 2 unspecified atom stereocenters. The molecular formula is C11H22N6O2. The van der Waals surface area contributed by atoms with E-state index in [1.54, 1.807) is 0 Å². The molecule has 0 amide bonds. The van der Waals surface area contributed by atoms with Gasteiger partial charge in [-0.15, -0.1) is 0 Å². The van der Waals surface area contributed by atoms with Crippen LogP contribution in [0.3, 0.4) is 0 Å². The van der Waals surface area contributed by atoms with Crippen molar-refractivity contribution in [3.63, 3.8) is 0 Å². The zero-order valence-corrected chi connectivity index (χ0v) is 11.7. The zero-order valence-electron chi connectivity index (χ0n) is 11.7. The molecule has 0 fully saturated rings. The van der Waals surface area contributed by atoms with Crippen molar-refractivity contribution in [2.24, 2.45) is 11.8 Å². The lowest BCUT2D eigenvalue weighted by atomic mass is 10.1. The molecule has 8 nitrogen and oxygen atoms in total. The second-order valence-electron chi connectivity index (χ2n) is 4.67. The van der Waals surface area contributed by atoms with Crippen molar-refractivity contribution in [3.05, 3.63) is 0 Å². The number of aromatic nitrogens is 3. The van der Waals surface area contributed by atoms with Gasteiger partial charge in [0.05, 0.1) is 6.10 Å². The van der Waals surface area contributed by atoms with Crippen molar-refractivity contribution in [1.29, 1.82) is 0 Å². The van der Waals surface area contributed by atoms with Gasteiger partial charge in [-0.25, -0.2) is 5.84 Å². The molecule has 0 saturated heterocycles. The van der Waals surface area contributed by atoms with E-state index in [2.05, 4.69) is 25.7 Å². The summed E-state index contributed by atoms with van der Waals surface area (Å²) in [6, 6.07) is 0.203. The first-order valence-electron chi connectivity index (χ1n) is 6.23. The van der Waals surface area contributed by atoms with Crippen molar-refractivity contribution in [2.75, 3.05) is 17.3 Å².